The van der Waals surface area contributed by atoms with Crippen LogP contribution < -0.4 is 9.88 Å². The molecule has 0 aliphatic heterocycles. The normalized spacial score (nSPS) is 11.5. The van der Waals surface area contributed by atoms with Gasteiger partial charge in [0, 0.05) is 35.9 Å². The third-order valence-electron chi connectivity index (χ3n) is 4.42. The fourth-order valence-corrected chi connectivity index (χ4v) is 3.28. The van der Waals surface area contributed by atoms with Gasteiger partial charge in [0.2, 0.25) is 5.78 Å². The molecule has 3 rings (SSSR count). The van der Waals surface area contributed by atoms with E-state index in [0.29, 0.717) is 11.5 Å². The van der Waals surface area contributed by atoms with E-state index in [2.05, 4.69) is 5.32 Å². The zero-order valence-electron chi connectivity index (χ0n) is 15.8. The van der Waals surface area contributed by atoms with Crippen molar-refractivity contribution in [3.8, 4) is 0 Å². The van der Waals surface area contributed by atoms with Gasteiger partial charge in [-0.2, -0.15) is 4.57 Å². The topological polar surface area (TPSA) is 76.1 Å². The lowest BCUT2D eigenvalue weighted by atomic mass is 10.0. The van der Waals surface area contributed by atoms with Crippen LogP contribution in [0.25, 0.3) is 0 Å². The lowest BCUT2D eigenvalue weighted by Gasteiger charge is -2.15. The van der Waals surface area contributed by atoms with Crippen molar-refractivity contribution in [3.63, 3.8) is 0 Å². The Morgan fingerprint density at radius 1 is 1.14 bits per heavy atom. The van der Waals surface area contributed by atoms with Crippen LogP contribution in [0.5, 0.6) is 0 Å². The van der Waals surface area contributed by atoms with Gasteiger partial charge in [0.05, 0.1) is 4.92 Å². The molecule has 3 aromatic rings. The molecule has 0 fully saturated rings. The van der Waals surface area contributed by atoms with Gasteiger partial charge in [-0.15, -0.1) is 0 Å². The minimum absolute atomic E-state index is 0.132. The molecule has 0 radical (unpaired) electrons. The minimum Gasteiger partial charge on any atom is -0.370 e. The highest BCUT2D eigenvalue weighted by Crippen LogP contribution is 2.18. The van der Waals surface area contributed by atoms with Crippen molar-refractivity contribution in [3.05, 3.63) is 106 Å². The number of pyridine rings is 1. The molecule has 6 nitrogen and oxygen atoms in total. The van der Waals surface area contributed by atoms with Gasteiger partial charge in [-0.05, 0) is 18.6 Å². The molecule has 0 amide bonds. The number of non-ortho nitro benzene ring substituents is 1. The zero-order chi connectivity index (χ0) is 20.8. The third-order valence-corrected chi connectivity index (χ3v) is 4.78. The number of nitrogens with zero attached hydrogens (tertiary/aromatic N) is 2. The van der Waals surface area contributed by atoms with Crippen molar-refractivity contribution >= 4 is 28.7 Å². The molecular weight excluding hydrogens is 386 g/mol. The fraction of sp³-hybridized carbons (Fsp3) is 0.136. The van der Waals surface area contributed by atoms with Crippen molar-refractivity contribution < 1.29 is 14.3 Å². The first-order chi connectivity index (χ1) is 14.0. The largest absolute Gasteiger partial charge is 0.370 e. The Morgan fingerprint density at radius 2 is 1.90 bits per heavy atom. The van der Waals surface area contributed by atoms with Crippen LogP contribution in [0, 0.1) is 17.0 Å². The van der Waals surface area contributed by atoms with Gasteiger partial charge in [-0.25, -0.2) is 0 Å². The summed E-state index contributed by atoms with van der Waals surface area (Å²) in [4.78, 5) is 24.2. The summed E-state index contributed by atoms with van der Waals surface area (Å²) in [6.07, 6.45) is 3.60. The van der Waals surface area contributed by atoms with E-state index >= 15 is 0 Å². The van der Waals surface area contributed by atoms with Crippen LogP contribution in [0.4, 0.5) is 5.69 Å². The fourth-order valence-electron chi connectivity index (χ4n) is 2.98. The quantitative estimate of drug-likeness (QED) is 0.213. The smallest absolute Gasteiger partial charge is 0.270 e. The summed E-state index contributed by atoms with van der Waals surface area (Å²) in [6.45, 7) is 2.40. The molecule has 0 bridgehead atoms. The number of rotatable bonds is 7. The molecule has 1 atom stereocenters. The summed E-state index contributed by atoms with van der Waals surface area (Å²) in [7, 11) is 0. The monoisotopic (exact) mass is 406 g/mol. The number of aromatic nitrogens is 1. The Bertz CT molecular complexity index is 1050. The average molecular weight is 406 g/mol. The Hall–Kier alpha value is -3.45. The van der Waals surface area contributed by atoms with Crippen LogP contribution in [-0.4, -0.2) is 15.7 Å². The van der Waals surface area contributed by atoms with E-state index in [1.807, 2.05) is 55.6 Å². The Kier molecular flexibility index (Phi) is 6.41. The van der Waals surface area contributed by atoms with Crippen molar-refractivity contribution in [1.29, 1.82) is 0 Å². The number of benzene rings is 2. The van der Waals surface area contributed by atoms with Crippen molar-refractivity contribution in [2.24, 2.45) is 0 Å². The number of aryl methyl sites for hydroxylation is 1. The molecule has 29 heavy (non-hydrogen) atoms. The molecule has 0 unspecified atom stereocenters. The number of carbonyl (C=O) groups is 1. The minimum atomic E-state index is -0.810. The van der Waals surface area contributed by atoms with Crippen LogP contribution in [-0.2, 0) is 6.54 Å². The number of hydrogen-bond acceptors (Lipinski definition) is 4. The van der Waals surface area contributed by atoms with E-state index in [1.54, 1.807) is 16.8 Å². The Balaban J connectivity index is 1.92. The van der Waals surface area contributed by atoms with Gasteiger partial charge in [0.15, 0.2) is 17.4 Å². The SMILES string of the molecule is Cc1ccc[n+]([C@@H](C(=O)c2cccc([N+](=O)[O-])c2)C(=S)NCc2ccccc2)c1. The van der Waals surface area contributed by atoms with Crippen LogP contribution >= 0.6 is 12.2 Å². The third kappa shape index (κ3) is 5.08. The second-order valence-corrected chi connectivity index (χ2v) is 7.05. The lowest BCUT2D eigenvalue weighted by molar-refractivity contribution is -0.692. The first kappa shape index (κ1) is 20.3. The van der Waals surface area contributed by atoms with Crippen LogP contribution in [0.15, 0.2) is 79.1 Å². The second-order valence-electron chi connectivity index (χ2n) is 6.61. The molecule has 0 aliphatic carbocycles. The van der Waals surface area contributed by atoms with Crippen LogP contribution in [0.2, 0.25) is 0 Å². The molecule has 1 aromatic heterocycles. The molecule has 146 valence electrons. The van der Waals surface area contributed by atoms with Gasteiger partial charge >= 0.3 is 0 Å². The summed E-state index contributed by atoms with van der Waals surface area (Å²) in [5.74, 6) is -0.310. The summed E-state index contributed by atoms with van der Waals surface area (Å²) < 4.78 is 1.73. The molecule has 2 aromatic carbocycles. The number of nitrogens with one attached hydrogen (secondary N) is 1. The molecule has 0 saturated heterocycles. The summed E-state index contributed by atoms with van der Waals surface area (Å²) >= 11 is 5.57. The van der Waals surface area contributed by atoms with Crippen molar-refractivity contribution in [2.45, 2.75) is 19.5 Å². The standard InChI is InChI=1S/C22H19N3O3S/c1-16-7-6-12-24(15-16)20(22(29)23-14-17-8-3-2-4-9-17)21(26)18-10-5-11-19(13-18)25(27)28/h2-13,15,20H,14H2,1H3/p+1/t20-/m0/s1. The van der Waals surface area contributed by atoms with Gasteiger partial charge in [-0.1, -0.05) is 54.7 Å². The maximum Gasteiger partial charge on any atom is 0.270 e. The molecule has 0 spiro atoms. The highest BCUT2D eigenvalue weighted by molar-refractivity contribution is 7.80. The number of hydrogen-bond donors (Lipinski definition) is 1. The number of ketones is 1. The molecule has 1 N–H and O–H groups in total. The van der Waals surface area contributed by atoms with E-state index in [-0.39, 0.29) is 17.0 Å². The van der Waals surface area contributed by atoms with E-state index in [0.717, 1.165) is 11.1 Å². The highest BCUT2D eigenvalue weighted by Gasteiger charge is 2.33. The lowest BCUT2D eigenvalue weighted by Crippen LogP contribution is -2.51. The van der Waals surface area contributed by atoms with E-state index in [1.165, 1.54) is 18.2 Å². The second kappa shape index (κ2) is 9.16. The van der Waals surface area contributed by atoms with E-state index < -0.39 is 11.0 Å². The van der Waals surface area contributed by atoms with Gasteiger partial charge < -0.3 is 5.32 Å². The Labute approximate surface area is 174 Å². The number of thiocarbonyl (C=S) groups is 1. The van der Waals surface area contributed by atoms with E-state index in [9.17, 15) is 14.9 Å². The van der Waals surface area contributed by atoms with Gasteiger partial charge in [0.25, 0.3) is 11.7 Å². The van der Waals surface area contributed by atoms with Gasteiger partial charge in [0.1, 0.15) is 0 Å². The van der Waals surface area contributed by atoms with Crippen LogP contribution in [0.3, 0.4) is 0 Å². The molecule has 0 aliphatic rings. The highest BCUT2D eigenvalue weighted by atomic mass is 32.1. The first-order valence-corrected chi connectivity index (χ1v) is 9.44. The molecule has 1 heterocycles. The first-order valence-electron chi connectivity index (χ1n) is 9.03. The average Bonchev–Trinajstić information content (AvgIpc) is 2.73. The zero-order valence-corrected chi connectivity index (χ0v) is 16.6. The summed E-state index contributed by atoms with van der Waals surface area (Å²) in [6, 6.07) is 18.4. The summed E-state index contributed by atoms with van der Waals surface area (Å²) in [5.41, 5.74) is 2.11. The number of nitro benzene ring substituents is 1. The predicted molar refractivity (Wildman–Crippen MR) is 114 cm³/mol. The predicted octanol–water partition coefficient (Wildman–Crippen LogP) is 3.73. The number of nitro groups is 1. The van der Waals surface area contributed by atoms with Crippen LogP contribution in [0.1, 0.15) is 27.5 Å². The summed E-state index contributed by atoms with van der Waals surface area (Å²) in [5, 5.41) is 14.3. The molecular formula is C22H20N3O3S+. The molecule has 0 saturated carbocycles. The maximum atomic E-state index is 13.3. The molecule has 7 heteroatoms. The van der Waals surface area contributed by atoms with E-state index in [4.69, 9.17) is 12.2 Å². The Morgan fingerprint density at radius 3 is 2.59 bits per heavy atom. The maximum absolute atomic E-state index is 13.3. The number of carbonyl (C=O) groups excluding carboxylic acids is 1. The van der Waals surface area contributed by atoms with Gasteiger partial charge in [-0.3, -0.25) is 14.9 Å². The number of Topliss-reactive ketones (excluding diaryl/α,β-unsaturated/α-hetero) is 1. The van der Waals surface area contributed by atoms with Crippen molar-refractivity contribution in [1.82, 2.24) is 5.32 Å². The van der Waals surface area contributed by atoms with Crippen molar-refractivity contribution in [2.75, 3.05) is 0 Å².